The summed E-state index contributed by atoms with van der Waals surface area (Å²) in [5, 5.41) is 2.37. The summed E-state index contributed by atoms with van der Waals surface area (Å²) >= 11 is 0. The molecule has 3 aromatic rings. The summed E-state index contributed by atoms with van der Waals surface area (Å²) < 4.78 is 34.9. The fourth-order valence-electron chi connectivity index (χ4n) is 2.99. The van der Waals surface area contributed by atoms with Gasteiger partial charge in [-0.3, -0.25) is 14.3 Å². The standard InChI is InChI=1S/C21H22F2N4O3/c1-11-14(23)9-24-10-16(11)27-18(12(2)25-20(29)30-21(3,4)5)26-15-8-6-7-13(22)17(15)19(27)28/h6-10,12H,1-5H3,(H,25,29)/t12-/m0/s1. The Labute approximate surface area is 171 Å². The third kappa shape index (κ3) is 4.14. The predicted octanol–water partition coefficient (Wildman–Crippen LogP) is 3.95. The third-order valence-corrected chi connectivity index (χ3v) is 4.36. The number of nitrogens with zero attached hydrogens (tertiary/aromatic N) is 3. The van der Waals surface area contributed by atoms with E-state index in [4.69, 9.17) is 4.74 Å². The zero-order valence-electron chi connectivity index (χ0n) is 17.3. The van der Waals surface area contributed by atoms with Crippen molar-refractivity contribution in [1.82, 2.24) is 19.9 Å². The van der Waals surface area contributed by atoms with Crippen LogP contribution in [0.3, 0.4) is 0 Å². The smallest absolute Gasteiger partial charge is 0.408 e. The predicted molar refractivity (Wildman–Crippen MR) is 108 cm³/mol. The summed E-state index contributed by atoms with van der Waals surface area (Å²) in [6, 6.07) is 3.25. The number of carbonyl (C=O) groups excluding carboxylic acids is 1. The molecule has 1 atom stereocenters. The molecule has 30 heavy (non-hydrogen) atoms. The Morgan fingerprint density at radius 2 is 1.90 bits per heavy atom. The number of hydrogen-bond donors (Lipinski definition) is 1. The highest BCUT2D eigenvalue weighted by atomic mass is 19.1. The molecule has 0 saturated heterocycles. The van der Waals surface area contributed by atoms with E-state index in [2.05, 4.69) is 15.3 Å². The maximum Gasteiger partial charge on any atom is 0.408 e. The summed E-state index contributed by atoms with van der Waals surface area (Å²) in [5.41, 5.74) is -1.11. The zero-order valence-corrected chi connectivity index (χ0v) is 17.3. The van der Waals surface area contributed by atoms with Gasteiger partial charge in [0.15, 0.2) is 0 Å². The minimum atomic E-state index is -0.817. The van der Waals surface area contributed by atoms with Crippen molar-refractivity contribution in [2.45, 2.75) is 46.3 Å². The molecular formula is C21H22F2N4O3. The Hall–Kier alpha value is -3.36. The number of amides is 1. The first-order valence-corrected chi connectivity index (χ1v) is 9.30. The molecule has 7 nitrogen and oxygen atoms in total. The number of ether oxygens (including phenoxy) is 1. The van der Waals surface area contributed by atoms with Crippen molar-refractivity contribution >= 4 is 17.0 Å². The quantitative estimate of drug-likeness (QED) is 0.699. The lowest BCUT2D eigenvalue weighted by Gasteiger charge is -2.23. The fourth-order valence-corrected chi connectivity index (χ4v) is 2.99. The Kier molecular flexibility index (Phi) is 5.56. The van der Waals surface area contributed by atoms with E-state index in [1.54, 1.807) is 27.7 Å². The van der Waals surface area contributed by atoms with Gasteiger partial charge in [-0.25, -0.2) is 18.6 Å². The summed E-state index contributed by atoms with van der Waals surface area (Å²) in [6.45, 7) is 8.21. The van der Waals surface area contributed by atoms with Gasteiger partial charge in [0.2, 0.25) is 0 Å². The topological polar surface area (TPSA) is 86.1 Å². The van der Waals surface area contributed by atoms with E-state index < -0.39 is 34.9 Å². The first-order valence-electron chi connectivity index (χ1n) is 9.30. The third-order valence-electron chi connectivity index (χ3n) is 4.36. The summed E-state index contributed by atoms with van der Waals surface area (Å²) in [7, 11) is 0. The summed E-state index contributed by atoms with van der Waals surface area (Å²) in [6.07, 6.45) is 1.59. The van der Waals surface area contributed by atoms with Crippen LogP contribution in [0.5, 0.6) is 0 Å². The lowest BCUT2D eigenvalue weighted by Crippen LogP contribution is -2.37. The minimum absolute atomic E-state index is 0.0828. The molecule has 2 aromatic heterocycles. The van der Waals surface area contributed by atoms with Crippen molar-refractivity contribution in [2.75, 3.05) is 0 Å². The van der Waals surface area contributed by atoms with Gasteiger partial charge >= 0.3 is 6.09 Å². The lowest BCUT2D eigenvalue weighted by atomic mass is 10.1. The van der Waals surface area contributed by atoms with Gasteiger partial charge in [0, 0.05) is 5.56 Å². The molecule has 2 heterocycles. The summed E-state index contributed by atoms with van der Waals surface area (Å²) in [4.78, 5) is 33.7. The number of carbonyl (C=O) groups is 1. The van der Waals surface area contributed by atoms with E-state index in [0.717, 1.165) is 16.8 Å². The van der Waals surface area contributed by atoms with Crippen LogP contribution in [0.25, 0.3) is 16.6 Å². The molecule has 0 fully saturated rings. The highest BCUT2D eigenvalue weighted by Gasteiger charge is 2.24. The van der Waals surface area contributed by atoms with Crippen LogP contribution in [0.2, 0.25) is 0 Å². The van der Waals surface area contributed by atoms with E-state index in [9.17, 15) is 18.4 Å². The second kappa shape index (κ2) is 7.81. The molecule has 0 aliphatic heterocycles. The Morgan fingerprint density at radius 3 is 2.57 bits per heavy atom. The first kappa shape index (κ1) is 21.4. The van der Waals surface area contributed by atoms with Crippen molar-refractivity contribution in [2.24, 2.45) is 0 Å². The lowest BCUT2D eigenvalue weighted by molar-refractivity contribution is 0.0505. The number of alkyl carbamates (subject to hydrolysis) is 1. The van der Waals surface area contributed by atoms with E-state index in [1.807, 2.05) is 0 Å². The average Bonchev–Trinajstić information content (AvgIpc) is 2.62. The number of hydrogen-bond acceptors (Lipinski definition) is 5. The molecule has 0 saturated carbocycles. The zero-order chi connectivity index (χ0) is 22.2. The van der Waals surface area contributed by atoms with Gasteiger partial charge in [-0.1, -0.05) is 6.07 Å². The maximum absolute atomic E-state index is 14.4. The minimum Gasteiger partial charge on any atom is -0.444 e. The Balaban J connectivity index is 2.23. The molecule has 0 unspecified atom stereocenters. The largest absolute Gasteiger partial charge is 0.444 e. The molecule has 1 amide bonds. The van der Waals surface area contributed by atoms with Gasteiger partial charge in [0.05, 0.1) is 29.6 Å². The number of nitrogens with one attached hydrogen (secondary N) is 1. The van der Waals surface area contributed by atoms with Crippen molar-refractivity contribution in [3.63, 3.8) is 0 Å². The number of rotatable bonds is 3. The molecule has 9 heteroatoms. The summed E-state index contributed by atoms with van der Waals surface area (Å²) in [5.74, 6) is -1.30. The van der Waals surface area contributed by atoms with E-state index in [0.29, 0.717) is 0 Å². The molecule has 0 spiro atoms. The molecule has 1 aromatic carbocycles. The molecule has 158 valence electrons. The molecule has 3 rings (SSSR count). The first-order chi connectivity index (χ1) is 14.0. The molecule has 0 aliphatic carbocycles. The van der Waals surface area contributed by atoms with Gasteiger partial charge in [-0.05, 0) is 46.8 Å². The van der Waals surface area contributed by atoms with Crippen LogP contribution in [0.1, 0.15) is 45.1 Å². The Bertz CT molecular complexity index is 1190. The van der Waals surface area contributed by atoms with E-state index in [-0.39, 0.29) is 28.0 Å². The van der Waals surface area contributed by atoms with Crippen molar-refractivity contribution in [3.05, 3.63) is 64.0 Å². The number of benzene rings is 1. The van der Waals surface area contributed by atoms with Crippen LogP contribution >= 0.6 is 0 Å². The maximum atomic E-state index is 14.4. The van der Waals surface area contributed by atoms with Gasteiger partial charge in [-0.15, -0.1) is 0 Å². The number of halogens is 2. The van der Waals surface area contributed by atoms with Gasteiger partial charge in [-0.2, -0.15) is 0 Å². The fraction of sp³-hybridized carbons (Fsp3) is 0.333. The SMILES string of the molecule is Cc1c(F)cncc1-n1c([C@H](C)NC(=O)OC(C)(C)C)nc2cccc(F)c2c1=O. The van der Waals surface area contributed by atoms with E-state index in [1.165, 1.54) is 25.3 Å². The van der Waals surface area contributed by atoms with Crippen LogP contribution in [-0.4, -0.2) is 26.2 Å². The highest BCUT2D eigenvalue weighted by Crippen LogP contribution is 2.22. The van der Waals surface area contributed by atoms with Gasteiger partial charge in [0.1, 0.15) is 28.4 Å². The second-order valence-electron chi connectivity index (χ2n) is 7.88. The monoisotopic (exact) mass is 416 g/mol. The van der Waals surface area contributed by atoms with Crippen LogP contribution in [-0.2, 0) is 4.74 Å². The average molecular weight is 416 g/mol. The number of aromatic nitrogens is 3. The van der Waals surface area contributed by atoms with Crippen LogP contribution in [0.4, 0.5) is 13.6 Å². The van der Waals surface area contributed by atoms with E-state index >= 15 is 0 Å². The molecule has 0 aliphatic rings. The molecule has 0 bridgehead atoms. The second-order valence-corrected chi connectivity index (χ2v) is 7.88. The van der Waals surface area contributed by atoms with Gasteiger partial charge < -0.3 is 10.1 Å². The van der Waals surface area contributed by atoms with Crippen LogP contribution < -0.4 is 10.9 Å². The normalized spacial score (nSPS) is 12.6. The number of pyridine rings is 1. The van der Waals surface area contributed by atoms with Crippen LogP contribution in [0.15, 0.2) is 35.4 Å². The Morgan fingerprint density at radius 1 is 1.20 bits per heavy atom. The highest BCUT2D eigenvalue weighted by molar-refractivity contribution is 5.79. The number of fused-ring (bicyclic) bond motifs is 1. The van der Waals surface area contributed by atoms with Crippen molar-refractivity contribution < 1.29 is 18.3 Å². The molecule has 1 N–H and O–H groups in total. The van der Waals surface area contributed by atoms with Crippen LogP contribution in [0, 0.1) is 18.6 Å². The van der Waals surface area contributed by atoms with Crippen molar-refractivity contribution in [1.29, 1.82) is 0 Å². The van der Waals surface area contributed by atoms with Gasteiger partial charge in [0.25, 0.3) is 5.56 Å². The molecular weight excluding hydrogens is 394 g/mol. The van der Waals surface area contributed by atoms with Crippen molar-refractivity contribution in [3.8, 4) is 5.69 Å². The molecule has 0 radical (unpaired) electrons.